The Labute approximate surface area is 155 Å². The number of carbonyl (C=O) groups excluding carboxylic acids is 2. The Morgan fingerprint density at radius 2 is 1.85 bits per heavy atom. The fourth-order valence-corrected chi connectivity index (χ4v) is 3.56. The van der Waals surface area contributed by atoms with Crippen LogP contribution in [0, 0.1) is 13.8 Å². The average Bonchev–Trinajstić information content (AvgIpc) is 2.59. The molecule has 1 fully saturated rings. The molecule has 0 aliphatic carbocycles. The smallest absolute Gasteiger partial charge is 0.238 e. The van der Waals surface area contributed by atoms with Crippen LogP contribution in [0.15, 0.2) is 0 Å². The minimum absolute atomic E-state index is 0.0465. The molecule has 2 rings (SSSR count). The van der Waals surface area contributed by atoms with Crippen molar-refractivity contribution in [1.82, 2.24) is 25.1 Å². The first kappa shape index (κ1) is 20.1. The molecule has 1 atom stereocenters. The van der Waals surface area contributed by atoms with Crippen LogP contribution in [0.3, 0.4) is 0 Å². The quantitative estimate of drug-likeness (QED) is 0.779. The SMILES string of the molecule is CNC(=O)C1CN(C(=O)CCc2c(C)nc(N)nc2C)CCN1C(C)C. The molecule has 8 nitrogen and oxygen atoms in total. The number of anilines is 1. The van der Waals surface area contributed by atoms with E-state index in [0.717, 1.165) is 17.0 Å². The number of aromatic nitrogens is 2. The van der Waals surface area contributed by atoms with E-state index in [1.807, 2.05) is 13.8 Å². The van der Waals surface area contributed by atoms with Gasteiger partial charge < -0.3 is 16.0 Å². The van der Waals surface area contributed by atoms with Crippen molar-refractivity contribution < 1.29 is 9.59 Å². The van der Waals surface area contributed by atoms with E-state index in [9.17, 15) is 9.59 Å². The third-order valence-electron chi connectivity index (χ3n) is 5.01. The number of nitrogens with one attached hydrogen (secondary N) is 1. The monoisotopic (exact) mass is 362 g/mol. The number of nitrogens with two attached hydrogens (primary N) is 1. The largest absolute Gasteiger partial charge is 0.368 e. The highest BCUT2D eigenvalue weighted by molar-refractivity contribution is 5.83. The van der Waals surface area contributed by atoms with Gasteiger partial charge in [-0.2, -0.15) is 0 Å². The third-order valence-corrected chi connectivity index (χ3v) is 5.01. The lowest BCUT2D eigenvalue weighted by Crippen LogP contribution is -2.61. The first-order valence-corrected chi connectivity index (χ1v) is 9.09. The molecule has 0 radical (unpaired) electrons. The second-order valence-electron chi connectivity index (χ2n) is 7.03. The second kappa shape index (κ2) is 8.44. The van der Waals surface area contributed by atoms with Crippen LogP contribution >= 0.6 is 0 Å². The molecule has 1 unspecified atom stereocenters. The van der Waals surface area contributed by atoms with Crippen LogP contribution in [0.4, 0.5) is 5.95 Å². The van der Waals surface area contributed by atoms with Crippen molar-refractivity contribution in [3.05, 3.63) is 17.0 Å². The van der Waals surface area contributed by atoms with Gasteiger partial charge in [-0.25, -0.2) is 9.97 Å². The summed E-state index contributed by atoms with van der Waals surface area (Å²) in [5, 5.41) is 2.71. The number of hydrogen-bond donors (Lipinski definition) is 2. The van der Waals surface area contributed by atoms with E-state index in [2.05, 4.69) is 34.0 Å². The first-order valence-electron chi connectivity index (χ1n) is 9.09. The minimum atomic E-state index is -0.305. The number of aryl methyl sites for hydroxylation is 2. The summed E-state index contributed by atoms with van der Waals surface area (Å²) in [6.07, 6.45) is 0.947. The Morgan fingerprint density at radius 3 is 2.38 bits per heavy atom. The van der Waals surface area contributed by atoms with Crippen LogP contribution in [0.1, 0.15) is 37.2 Å². The fraction of sp³-hybridized carbons (Fsp3) is 0.667. The fourth-order valence-electron chi connectivity index (χ4n) is 3.56. The highest BCUT2D eigenvalue weighted by Crippen LogP contribution is 2.17. The van der Waals surface area contributed by atoms with Crippen LogP contribution in [0.2, 0.25) is 0 Å². The second-order valence-corrected chi connectivity index (χ2v) is 7.03. The number of hydrogen-bond acceptors (Lipinski definition) is 6. The molecule has 1 aromatic rings. The maximum Gasteiger partial charge on any atom is 0.238 e. The zero-order valence-corrected chi connectivity index (χ0v) is 16.4. The lowest BCUT2D eigenvalue weighted by Gasteiger charge is -2.42. The zero-order valence-electron chi connectivity index (χ0n) is 16.4. The van der Waals surface area contributed by atoms with Crippen molar-refractivity contribution in [3.8, 4) is 0 Å². The van der Waals surface area contributed by atoms with E-state index in [0.29, 0.717) is 32.5 Å². The van der Waals surface area contributed by atoms with Crippen LogP contribution in [0.25, 0.3) is 0 Å². The van der Waals surface area contributed by atoms with Crippen molar-refractivity contribution in [2.45, 2.75) is 52.6 Å². The third kappa shape index (κ3) is 4.49. The van der Waals surface area contributed by atoms with E-state index in [4.69, 9.17) is 5.73 Å². The van der Waals surface area contributed by atoms with E-state index in [1.165, 1.54) is 0 Å². The van der Waals surface area contributed by atoms with Crippen LogP contribution in [-0.4, -0.2) is 70.3 Å². The summed E-state index contributed by atoms with van der Waals surface area (Å²) >= 11 is 0. The van der Waals surface area contributed by atoms with Crippen molar-refractivity contribution >= 4 is 17.8 Å². The van der Waals surface area contributed by atoms with E-state index >= 15 is 0 Å². The highest BCUT2D eigenvalue weighted by Gasteiger charge is 2.34. The molecule has 3 N–H and O–H groups in total. The molecule has 2 amide bonds. The predicted molar refractivity (Wildman–Crippen MR) is 101 cm³/mol. The van der Waals surface area contributed by atoms with E-state index in [-0.39, 0.29) is 29.8 Å². The zero-order chi connectivity index (χ0) is 19.4. The van der Waals surface area contributed by atoms with Gasteiger partial charge in [-0.15, -0.1) is 0 Å². The summed E-state index contributed by atoms with van der Waals surface area (Å²) in [7, 11) is 1.63. The molecule has 8 heteroatoms. The maximum absolute atomic E-state index is 12.7. The summed E-state index contributed by atoms with van der Waals surface area (Å²) in [4.78, 5) is 37.2. The summed E-state index contributed by atoms with van der Waals surface area (Å²) in [5.41, 5.74) is 8.26. The first-order chi connectivity index (χ1) is 12.2. The van der Waals surface area contributed by atoms with Gasteiger partial charge in [-0.1, -0.05) is 0 Å². The standard InChI is InChI=1S/C18H30N6O2/c1-11(2)24-9-8-23(10-15(24)17(26)20-5)16(25)7-6-14-12(3)21-18(19)22-13(14)4/h11,15H,6-10H2,1-5H3,(H,20,26)(H2,19,21,22). The molecule has 0 saturated carbocycles. The average molecular weight is 362 g/mol. The van der Waals surface area contributed by atoms with Crippen molar-refractivity contribution in [3.63, 3.8) is 0 Å². The van der Waals surface area contributed by atoms with Gasteiger partial charge in [0.05, 0.1) is 0 Å². The summed E-state index contributed by atoms with van der Waals surface area (Å²) in [6.45, 7) is 9.67. The Morgan fingerprint density at radius 1 is 1.23 bits per heavy atom. The molecule has 1 aliphatic heterocycles. The summed E-state index contributed by atoms with van der Waals surface area (Å²) < 4.78 is 0. The van der Waals surface area contributed by atoms with Crippen molar-refractivity contribution in [2.75, 3.05) is 32.4 Å². The number of piperazine rings is 1. The molecular weight excluding hydrogens is 332 g/mol. The van der Waals surface area contributed by atoms with Crippen LogP contribution in [-0.2, 0) is 16.0 Å². The number of likely N-dealkylation sites (N-methyl/N-ethyl adjacent to an activating group) is 1. The molecule has 26 heavy (non-hydrogen) atoms. The van der Waals surface area contributed by atoms with Gasteiger partial charge in [0.25, 0.3) is 0 Å². The molecule has 2 heterocycles. The van der Waals surface area contributed by atoms with E-state index in [1.54, 1.807) is 11.9 Å². The van der Waals surface area contributed by atoms with Gasteiger partial charge in [0.2, 0.25) is 17.8 Å². The van der Waals surface area contributed by atoms with Gasteiger partial charge in [0, 0.05) is 50.5 Å². The Kier molecular flexibility index (Phi) is 6.52. The van der Waals surface area contributed by atoms with Crippen molar-refractivity contribution in [2.24, 2.45) is 0 Å². The number of nitrogens with zero attached hydrogens (tertiary/aromatic N) is 4. The normalized spacial score (nSPS) is 18.2. The predicted octanol–water partition coefficient (Wildman–Crippen LogP) is 0.275. The highest BCUT2D eigenvalue weighted by atomic mass is 16.2. The minimum Gasteiger partial charge on any atom is -0.368 e. The summed E-state index contributed by atoms with van der Waals surface area (Å²) in [6, 6.07) is -0.0483. The van der Waals surface area contributed by atoms with Crippen LogP contribution in [0.5, 0.6) is 0 Å². The molecule has 144 valence electrons. The van der Waals surface area contributed by atoms with Gasteiger partial charge in [0.1, 0.15) is 6.04 Å². The lowest BCUT2D eigenvalue weighted by atomic mass is 10.0. The maximum atomic E-state index is 12.7. The lowest BCUT2D eigenvalue weighted by molar-refractivity contribution is -0.138. The molecular formula is C18H30N6O2. The number of nitrogen functional groups attached to an aromatic ring is 1. The molecule has 1 aliphatic rings. The Bertz CT molecular complexity index is 653. The van der Waals surface area contributed by atoms with Crippen LogP contribution < -0.4 is 11.1 Å². The molecule has 0 bridgehead atoms. The molecule has 0 spiro atoms. The number of rotatable bonds is 5. The topological polar surface area (TPSA) is 104 Å². The molecule has 0 aromatic carbocycles. The Hall–Kier alpha value is -2.22. The Balaban J connectivity index is 2.03. The van der Waals surface area contributed by atoms with Crippen molar-refractivity contribution in [1.29, 1.82) is 0 Å². The van der Waals surface area contributed by atoms with Gasteiger partial charge in [0.15, 0.2) is 0 Å². The summed E-state index contributed by atoms with van der Waals surface area (Å²) in [5.74, 6) is 0.265. The van der Waals surface area contributed by atoms with Gasteiger partial charge >= 0.3 is 0 Å². The van der Waals surface area contributed by atoms with Gasteiger partial charge in [-0.3, -0.25) is 14.5 Å². The number of carbonyl (C=O) groups is 2. The molecule has 1 aromatic heterocycles. The van der Waals surface area contributed by atoms with Gasteiger partial charge in [-0.05, 0) is 39.7 Å². The van der Waals surface area contributed by atoms with E-state index < -0.39 is 0 Å². The number of amides is 2. The molecule has 1 saturated heterocycles.